The summed E-state index contributed by atoms with van der Waals surface area (Å²) in [6.45, 7) is 3.97. The average Bonchev–Trinajstić information content (AvgIpc) is 3.39. The third kappa shape index (κ3) is 4.77. The summed E-state index contributed by atoms with van der Waals surface area (Å²) in [4.78, 5) is 36.5. The van der Waals surface area contributed by atoms with Crippen molar-refractivity contribution in [1.29, 1.82) is 0 Å². The van der Waals surface area contributed by atoms with Crippen LogP contribution in [0.5, 0.6) is 0 Å². The van der Waals surface area contributed by atoms with Crippen LogP contribution in [0.25, 0.3) is 11.3 Å². The lowest BCUT2D eigenvalue weighted by molar-refractivity contribution is -0.137. The van der Waals surface area contributed by atoms with E-state index < -0.39 is 0 Å². The van der Waals surface area contributed by atoms with Gasteiger partial charge in [0.15, 0.2) is 0 Å². The van der Waals surface area contributed by atoms with Crippen LogP contribution in [0, 0.1) is 5.92 Å². The lowest BCUT2D eigenvalue weighted by Gasteiger charge is -2.39. The highest BCUT2D eigenvalue weighted by atomic mass is 35.5. The highest BCUT2D eigenvalue weighted by Gasteiger charge is 2.33. The predicted molar refractivity (Wildman–Crippen MR) is 131 cm³/mol. The molecule has 0 bridgehead atoms. The van der Waals surface area contributed by atoms with E-state index in [0.29, 0.717) is 42.6 Å². The van der Waals surface area contributed by atoms with Crippen molar-refractivity contribution in [2.45, 2.75) is 12.8 Å². The molecule has 34 heavy (non-hydrogen) atoms. The quantitative estimate of drug-likeness (QED) is 0.621. The van der Waals surface area contributed by atoms with Crippen molar-refractivity contribution < 1.29 is 9.59 Å². The summed E-state index contributed by atoms with van der Waals surface area (Å²) in [7, 11) is 0. The Hall–Kier alpha value is -3.39. The number of nitrogens with one attached hydrogen (secondary N) is 1. The van der Waals surface area contributed by atoms with E-state index in [1.165, 1.54) is 0 Å². The number of aromatic nitrogens is 3. The number of amides is 2. The Bertz CT molecular complexity index is 1160. The molecular formula is C25H27ClN6O2. The Morgan fingerprint density at radius 2 is 1.85 bits per heavy atom. The van der Waals surface area contributed by atoms with Gasteiger partial charge in [0.05, 0.1) is 11.6 Å². The molecule has 2 fully saturated rings. The number of piperazine rings is 1. The summed E-state index contributed by atoms with van der Waals surface area (Å²) in [6, 6.07) is 13.3. The molecule has 0 spiro atoms. The molecule has 1 atom stereocenters. The summed E-state index contributed by atoms with van der Waals surface area (Å²) < 4.78 is 0. The third-order valence-corrected chi connectivity index (χ3v) is 6.82. The van der Waals surface area contributed by atoms with E-state index in [9.17, 15) is 9.59 Å². The Morgan fingerprint density at radius 1 is 1.00 bits per heavy atom. The van der Waals surface area contributed by atoms with E-state index in [0.717, 1.165) is 37.2 Å². The fourth-order valence-electron chi connectivity index (χ4n) is 4.74. The molecule has 2 aliphatic rings. The number of hydrogen-bond acceptors (Lipinski definition) is 5. The van der Waals surface area contributed by atoms with Gasteiger partial charge in [0.25, 0.3) is 5.91 Å². The molecule has 0 saturated carbocycles. The zero-order valence-corrected chi connectivity index (χ0v) is 19.6. The van der Waals surface area contributed by atoms with Gasteiger partial charge in [-0.3, -0.25) is 19.7 Å². The number of carbonyl (C=O) groups excluding carboxylic acids is 2. The van der Waals surface area contributed by atoms with Crippen LogP contribution in [0.1, 0.15) is 23.3 Å². The van der Waals surface area contributed by atoms with E-state index in [-0.39, 0.29) is 17.7 Å². The Kier molecular flexibility index (Phi) is 6.49. The molecule has 2 amide bonds. The van der Waals surface area contributed by atoms with E-state index in [1.807, 2.05) is 41.3 Å². The van der Waals surface area contributed by atoms with Gasteiger partial charge < -0.3 is 14.7 Å². The summed E-state index contributed by atoms with van der Waals surface area (Å²) in [5, 5.41) is 7.84. The van der Waals surface area contributed by atoms with Gasteiger partial charge >= 0.3 is 0 Å². The molecule has 1 N–H and O–H groups in total. The molecule has 176 valence electrons. The second-order valence-corrected chi connectivity index (χ2v) is 9.23. The van der Waals surface area contributed by atoms with Crippen molar-refractivity contribution in [1.82, 2.24) is 25.0 Å². The van der Waals surface area contributed by atoms with Gasteiger partial charge in [0.2, 0.25) is 5.91 Å². The number of aromatic amines is 1. The average molecular weight is 479 g/mol. The Balaban J connectivity index is 1.19. The number of anilines is 1. The van der Waals surface area contributed by atoms with Crippen LogP contribution in [-0.4, -0.2) is 76.1 Å². The first-order valence-electron chi connectivity index (χ1n) is 11.6. The molecule has 1 aromatic carbocycles. The minimum Gasteiger partial charge on any atom is -0.368 e. The lowest BCUT2D eigenvalue weighted by atomic mass is 9.96. The predicted octanol–water partition coefficient (Wildman–Crippen LogP) is 3.33. The molecule has 0 unspecified atom stereocenters. The second-order valence-electron chi connectivity index (χ2n) is 8.79. The molecule has 0 radical (unpaired) electrons. The van der Waals surface area contributed by atoms with Gasteiger partial charge in [-0.25, -0.2) is 0 Å². The molecular weight excluding hydrogens is 452 g/mol. The van der Waals surface area contributed by atoms with Gasteiger partial charge in [0, 0.05) is 67.9 Å². The standard InChI is InChI=1S/C25H27ClN6O2/c26-20-6-1-7-21(14-20)30-10-12-31(13-11-30)24(33)19-5-3-9-32(17-19)25(34)23-15-22(28-29-23)18-4-2-8-27-16-18/h1-2,4,6-8,14-16,19H,3,5,9-13,17H2,(H,28,29)/t19-/m0/s1. The number of likely N-dealkylation sites (tertiary alicyclic amines) is 1. The number of benzene rings is 1. The van der Waals surface area contributed by atoms with Crippen molar-refractivity contribution in [3.8, 4) is 11.3 Å². The first kappa shape index (κ1) is 22.4. The fraction of sp³-hybridized carbons (Fsp3) is 0.360. The molecule has 5 rings (SSSR count). The Morgan fingerprint density at radius 3 is 2.62 bits per heavy atom. The number of rotatable bonds is 4. The molecule has 2 saturated heterocycles. The van der Waals surface area contributed by atoms with Gasteiger partial charge in [-0.15, -0.1) is 0 Å². The van der Waals surface area contributed by atoms with Gasteiger partial charge in [-0.2, -0.15) is 5.10 Å². The van der Waals surface area contributed by atoms with Gasteiger partial charge in [0.1, 0.15) is 5.69 Å². The van der Waals surface area contributed by atoms with Crippen LogP contribution >= 0.6 is 11.6 Å². The van der Waals surface area contributed by atoms with E-state index in [1.54, 1.807) is 23.4 Å². The zero-order chi connectivity index (χ0) is 23.5. The summed E-state index contributed by atoms with van der Waals surface area (Å²) >= 11 is 6.13. The second kappa shape index (κ2) is 9.85. The number of hydrogen-bond donors (Lipinski definition) is 1. The minimum absolute atomic E-state index is 0.120. The Labute approximate surface area is 203 Å². The van der Waals surface area contributed by atoms with E-state index in [4.69, 9.17) is 11.6 Å². The normalized spacial score (nSPS) is 18.7. The van der Waals surface area contributed by atoms with Crippen molar-refractivity contribution >= 4 is 29.1 Å². The molecule has 0 aliphatic carbocycles. The number of halogens is 1. The number of H-pyrrole nitrogens is 1. The highest BCUT2D eigenvalue weighted by Crippen LogP contribution is 2.24. The van der Waals surface area contributed by atoms with Crippen molar-refractivity contribution in [3.63, 3.8) is 0 Å². The van der Waals surface area contributed by atoms with Crippen molar-refractivity contribution in [2.24, 2.45) is 5.92 Å². The zero-order valence-electron chi connectivity index (χ0n) is 18.9. The van der Waals surface area contributed by atoms with Crippen LogP contribution in [0.4, 0.5) is 5.69 Å². The smallest absolute Gasteiger partial charge is 0.271 e. The molecule has 3 aromatic rings. The van der Waals surface area contributed by atoms with Gasteiger partial charge in [-0.1, -0.05) is 17.7 Å². The van der Waals surface area contributed by atoms with Crippen LogP contribution in [-0.2, 0) is 4.79 Å². The molecule has 4 heterocycles. The van der Waals surface area contributed by atoms with Crippen molar-refractivity contribution in [3.05, 3.63) is 65.6 Å². The number of pyridine rings is 1. The maximum absolute atomic E-state index is 13.3. The number of nitrogens with zero attached hydrogens (tertiary/aromatic N) is 5. The SMILES string of the molecule is O=C(c1cc(-c2cccnc2)n[nH]1)N1CCC[C@H](C(=O)N2CCN(c3cccc(Cl)c3)CC2)C1. The molecule has 2 aliphatic heterocycles. The van der Waals surface area contributed by atoms with Crippen LogP contribution in [0.3, 0.4) is 0 Å². The number of piperidine rings is 1. The van der Waals surface area contributed by atoms with E-state index in [2.05, 4.69) is 20.1 Å². The maximum Gasteiger partial charge on any atom is 0.271 e. The summed E-state index contributed by atoms with van der Waals surface area (Å²) in [5.41, 5.74) is 3.04. The molecule has 9 heteroatoms. The van der Waals surface area contributed by atoms with Crippen LogP contribution in [0.15, 0.2) is 54.9 Å². The van der Waals surface area contributed by atoms with Crippen molar-refractivity contribution in [2.75, 3.05) is 44.2 Å². The van der Waals surface area contributed by atoms with E-state index >= 15 is 0 Å². The van der Waals surface area contributed by atoms with Crippen LogP contribution < -0.4 is 4.90 Å². The first-order chi connectivity index (χ1) is 16.6. The third-order valence-electron chi connectivity index (χ3n) is 6.59. The fourth-order valence-corrected chi connectivity index (χ4v) is 4.93. The maximum atomic E-state index is 13.3. The van der Waals surface area contributed by atoms with Gasteiger partial charge in [-0.05, 0) is 49.2 Å². The lowest BCUT2D eigenvalue weighted by Crippen LogP contribution is -2.53. The van der Waals surface area contributed by atoms with Crippen LogP contribution in [0.2, 0.25) is 5.02 Å². The largest absolute Gasteiger partial charge is 0.368 e. The topological polar surface area (TPSA) is 85.4 Å². The minimum atomic E-state index is -0.170. The molecule has 2 aromatic heterocycles. The molecule has 8 nitrogen and oxygen atoms in total. The summed E-state index contributed by atoms with van der Waals surface area (Å²) in [6.07, 6.45) is 5.03. The summed E-state index contributed by atoms with van der Waals surface area (Å²) in [5.74, 6) is -0.147. The monoisotopic (exact) mass is 478 g/mol. The first-order valence-corrected chi connectivity index (χ1v) is 12.0. The number of carbonyl (C=O) groups is 2. The highest BCUT2D eigenvalue weighted by molar-refractivity contribution is 6.30.